The monoisotopic (exact) mass is 368 g/mol. The molecule has 0 radical (unpaired) electrons. The van der Waals surface area contributed by atoms with E-state index in [0.717, 1.165) is 5.75 Å². The van der Waals surface area contributed by atoms with Crippen LogP contribution in [-0.2, 0) is 6.42 Å². The molecule has 1 amide bonds. The topological polar surface area (TPSA) is 71.3 Å². The first-order valence-electron chi connectivity index (χ1n) is 7.62. The summed E-state index contributed by atoms with van der Waals surface area (Å²) in [5.74, 6) is 2.62. The Morgan fingerprint density at radius 1 is 1.46 bits per heavy atom. The summed E-state index contributed by atoms with van der Waals surface area (Å²) in [6, 6.07) is 9.43. The lowest BCUT2D eigenvalue weighted by Crippen LogP contribution is -2.31. The molecular formula is C16H21ClN4O2S. The van der Waals surface area contributed by atoms with E-state index >= 15 is 0 Å². The second-order valence-corrected chi connectivity index (χ2v) is 6.60. The molecule has 2 heterocycles. The summed E-state index contributed by atoms with van der Waals surface area (Å²) >= 11 is 1.70. The largest absolute Gasteiger partial charge is 0.337 e. The maximum atomic E-state index is 12.7. The zero-order chi connectivity index (χ0) is 16.2. The normalized spacial score (nSPS) is 18.2. The molecule has 1 saturated heterocycles. The summed E-state index contributed by atoms with van der Waals surface area (Å²) in [5.41, 5.74) is 0.684. The third-order valence-electron chi connectivity index (χ3n) is 3.91. The summed E-state index contributed by atoms with van der Waals surface area (Å²) in [5, 5.41) is 7.19. The van der Waals surface area contributed by atoms with Crippen LogP contribution in [0.3, 0.4) is 0 Å². The highest BCUT2D eigenvalue weighted by atomic mass is 35.5. The Kier molecular flexibility index (Phi) is 6.65. The van der Waals surface area contributed by atoms with Gasteiger partial charge in [-0.2, -0.15) is 4.98 Å². The number of carbonyl (C=O) groups is 1. The second-order valence-electron chi connectivity index (χ2n) is 5.60. The van der Waals surface area contributed by atoms with E-state index in [1.807, 2.05) is 37.4 Å². The van der Waals surface area contributed by atoms with E-state index in [-0.39, 0.29) is 30.4 Å². The summed E-state index contributed by atoms with van der Waals surface area (Å²) in [6.07, 6.45) is 0.701. The van der Waals surface area contributed by atoms with Crippen LogP contribution in [0.5, 0.6) is 0 Å². The van der Waals surface area contributed by atoms with Crippen molar-refractivity contribution in [2.75, 3.05) is 18.7 Å². The standard InChI is InChI=1S/C16H20N4O2S.ClH/c1-11(17-2)8-14-18-15(22-19-14)13-9-23-10-20(13)16(21)12-6-4-3-5-7-12;/h3-7,11,13,17H,8-10H2,1-2H3;1H. The molecule has 0 saturated carbocycles. The number of nitrogens with one attached hydrogen (secondary N) is 1. The lowest BCUT2D eigenvalue weighted by Gasteiger charge is -2.20. The minimum absolute atomic E-state index is 0. The van der Waals surface area contributed by atoms with Crippen molar-refractivity contribution >= 4 is 30.1 Å². The van der Waals surface area contributed by atoms with Gasteiger partial charge in [-0.05, 0) is 26.1 Å². The van der Waals surface area contributed by atoms with Crippen LogP contribution in [0, 0.1) is 0 Å². The van der Waals surface area contributed by atoms with Crippen LogP contribution in [0.4, 0.5) is 0 Å². The molecule has 1 aromatic heterocycles. The van der Waals surface area contributed by atoms with Crippen molar-refractivity contribution in [1.29, 1.82) is 0 Å². The van der Waals surface area contributed by atoms with Crippen LogP contribution < -0.4 is 5.32 Å². The van der Waals surface area contributed by atoms with Gasteiger partial charge in [-0.3, -0.25) is 4.79 Å². The lowest BCUT2D eigenvalue weighted by molar-refractivity contribution is 0.0722. The van der Waals surface area contributed by atoms with Crippen molar-refractivity contribution in [3.8, 4) is 0 Å². The van der Waals surface area contributed by atoms with E-state index in [1.54, 1.807) is 16.7 Å². The first-order chi connectivity index (χ1) is 11.2. The van der Waals surface area contributed by atoms with Gasteiger partial charge in [0.2, 0.25) is 5.89 Å². The molecule has 1 aromatic carbocycles. The molecule has 8 heteroatoms. The number of carbonyl (C=O) groups excluding carboxylic acids is 1. The number of benzene rings is 1. The molecule has 24 heavy (non-hydrogen) atoms. The average molecular weight is 369 g/mol. The number of aromatic nitrogens is 2. The first kappa shape index (κ1) is 18.8. The number of nitrogens with zero attached hydrogens (tertiary/aromatic N) is 3. The Morgan fingerprint density at radius 3 is 2.92 bits per heavy atom. The van der Waals surface area contributed by atoms with E-state index in [2.05, 4.69) is 22.4 Å². The molecule has 2 unspecified atom stereocenters. The van der Waals surface area contributed by atoms with Gasteiger partial charge in [0.1, 0.15) is 6.04 Å². The number of thioether (sulfide) groups is 1. The zero-order valence-corrected chi connectivity index (χ0v) is 15.3. The predicted octanol–water partition coefficient (Wildman–Crippen LogP) is 2.53. The van der Waals surface area contributed by atoms with Crippen LogP contribution in [0.2, 0.25) is 0 Å². The molecule has 1 aliphatic heterocycles. The van der Waals surface area contributed by atoms with Gasteiger partial charge in [-0.15, -0.1) is 24.2 Å². The number of hydrogen-bond donors (Lipinski definition) is 1. The Morgan fingerprint density at radius 2 is 2.21 bits per heavy atom. The summed E-state index contributed by atoms with van der Waals surface area (Å²) in [6.45, 7) is 2.06. The Hall–Kier alpha value is -1.57. The third kappa shape index (κ3) is 4.09. The third-order valence-corrected chi connectivity index (χ3v) is 4.93. The van der Waals surface area contributed by atoms with Crippen molar-refractivity contribution in [3.63, 3.8) is 0 Å². The Bertz CT molecular complexity index is 667. The minimum Gasteiger partial charge on any atom is -0.337 e. The molecule has 2 atom stereocenters. The van der Waals surface area contributed by atoms with E-state index in [4.69, 9.17) is 4.52 Å². The molecule has 1 aliphatic rings. The molecule has 0 spiro atoms. The van der Waals surface area contributed by atoms with E-state index < -0.39 is 0 Å². The van der Waals surface area contributed by atoms with Gasteiger partial charge >= 0.3 is 0 Å². The summed E-state index contributed by atoms with van der Waals surface area (Å²) < 4.78 is 5.41. The highest BCUT2D eigenvalue weighted by Gasteiger charge is 2.35. The fraction of sp³-hybridized carbons (Fsp3) is 0.438. The van der Waals surface area contributed by atoms with Crippen LogP contribution in [0.15, 0.2) is 34.9 Å². The van der Waals surface area contributed by atoms with Crippen molar-refractivity contribution < 1.29 is 9.32 Å². The summed E-state index contributed by atoms with van der Waals surface area (Å²) in [4.78, 5) is 19.0. The average Bonchev–Trinajstić information content (AvgIpc) is 3.23. The fourth-order valence-corrected chi connectivity index (χ4v) is 3.60. The van der Waals surface area contributed by atoms with Gasteiger partial charge < -0.3 is 14.7 Å². The van der Waals surface area contributed by atoms with Gasteiger partial charge in [-0.1, -0.05) is 23.4 Å². The van der Waals surface area contributed by atoms with Crippen molar-refractivity contribution in [2.45, 2.75) is 25.4 Å². The Labute approximate surface area is 151 Å². The number of likely N-dealkylation sites (N-methyl/N-ethyl adjacent to an activating group) is 1. The first-order valence-corrected chi connectivity index (χ1v) is 8.78. The van der Waals surface area contributed by atoms with Crippen LogP contribution in [-0.4, -0.2) is 45.7 Å². The molecule has 1 fully saturated rings. The number of rotatable bonds is 5. The maximum Gasteiger partial charge on any atom is 0.255 e. The maximum absolute atomic E-state index is 12.7. The van der Waals surface area contributed by atoms with E-state index in [9.17, 15) is 4.79 Å². The SMILES string of the molecule is CNC(C)Cc1noc(C2CSCN2C(=O)c2ccccc2)n1.Cl. The molecular weight excluding hydrogens is 348 g/mol. The Balaban J connectivity index is 0.00000208. The molecule has 6 nitrogen and oxygen atoms in total. The van der Waals surface area contributed by atoms with Crippen LogP contribution in [0.25, 0.3) is 0 Å². The van der Waals surface area contributed by atoms with Gasteiger partial charge in [0.25, 0.3) is 5.91 Å². The van der Waals surface area contributed by atoms with Gasteiger partial charge in [-0.25, -0.2) is 0 Å². The van der Waals surface area contributed by atoms with Crippen LogP contribution >= 0.6 is 24.2 Å². The predicted molar refractivity (Wildman–Crippen MR) is 96.4 cm³/mol. The van der Waals surface area contributed by atoms with Gasteiger partial charge in [0.05, 0.1) is 5.88 Å². The lowest BCUT2D eigenvalue weighted by atomic mass is 10.2. The highest BCUT2D eigenvalue weighted by Crippen LogP contribution is 2.33. The van der Waals surface area contributed by atoms with Crippen molar-refractivity contribution in [3.05, 3.63) is 47.6 Å². The number of hydrogen-bond acceptors (Lipinski definition) is 6. The van der Waals surface area contributed by atoms with E-state index in [0.29, 0.717) is 29.6 Å². The highest BCUT2D eigenvalue weighted by molar-refractivity contribution is 7.99. The summed E-state index contributed by atoms with van der Waals surface area (Å²) in [7, 11) is 1.90. The van der Waals surface area contributed by atoms with E-state index in [1.165, 1.54) is 0 Å². The zero-order valence-electron chi connectivity index (χ0n) is 13.6. The molecule has 2 aromatic rings. The van der Waals surface area contributed by atoms with Crippen LogP contribution in [0.1, 0.15) is 35.0 Å². The molecule has 0 bridgehead atoms. The smallest absolute Gasteiger partial charge is 0.255 e. The quantitative estimate of drug-likeness (QED) is 0.874. The molecule has 3 rings (SSSR count). The number of halogens is 1. The fourth-order valence-electron chi connectivity index (χ4n) is 2.46. The van der Waals surface area contributed by atoms with Crippen molar-refractivity contribution in [2.24, 2.45) is 0 Å². The molecule has 0 aliphatic carbocycles. The van der Waals surface area contributed by atoms with Gasteiger partial charge in [0, 0.05) is 23.8 Å². The molecule has 1 N–H and O–H groups in total. The number of amides is 1. The van der Waals surface area contributed by atoms with Gasteiger partial charge in [0.15, 0.2) is 5.82 Å². The molecule has 130 valence electrons. The van der Waals surface area contributed by atoms with Crippen molar-refractivity contribution in [1.82, 2.24) is 20.4 Å². The minimum atomic E-state index is -0.154. The second kappa shape index (κ2) is 8.50.